The molecule has 1 aliphatic heterocycles. The molecular weight excluding hydrogens is 474 g/mol. The summed E-state index contributed by atoms with van der Waals surface area (Å²) in [7, 11) is 0. The predicted octanol–water partition coefficient (Wildman–Crippen LogP) is 3.83. The molecule has 0 bridgehead atoms. The summed E-state index contributed by atoms with van der Waals surface area (Å²) in [6.07, 6.45) is 4.14. The van der Waals surface area contributed by atoms with Gasteiger partial charge in [-0.15, -0.1) is 23.1 Å². The highest BCUT2D eigenvalue weighted by atomic mass is 32.2. The summed E-state index contributed by atoms with van der Waals surface area (Å²) in [4.78, 5) is 46.7. The van der Waals surface area contributed by atoms with Gasteiger partial charge in [-0.3, -0.25) is 19.5 Å². The fraction of sp³-hybridized carbons (Fsp3) is 0.261. The van der Waals surface area contributed by atoms with E-state index < -0.39 is 23.4 Å². The second-order valence-corrected chi connectivity index (χ2v) is 10.0. The van der Waals surface area contributed by atoms with Crippen LogP contribution >= 0.6 is 23.1 Å². The highest BCUT2D eigenvalue weighted by molar-refractivity contribution is 7.99. The van der Waals surface area contributed by atoms with Crippen LogP contribution in [0.4, 0.5) is 9.93 Å². The second-order valence-electron chi connectivity index (χ2n) is 8.03. The number of nitrogens with zero attached hydrogens (tertiary/aromatic N) is 3. The molecule has 2 aromatic heterocycles. The van der Waals surface area contributed by atoms with E-state index in [1.807, 2.05) is 17.5 Å². The Morgan fingerprint density at radius 2 is 1.91 bits per heavy atom. The van der Waals surface area contributed by atoms with E-state index >= 15 is 0 Å². The topological polar surface area (TPSA) is 125 Å². The summed E-state index contributed by atoms with van der Waals surface area (Å²) < 4.78 is 0. The van der Waals surface area contributed by atoms with E-state index in [0.29, 0.717) is 28.2 Å². The van der Waals surface area contributed by atoms with Gasteiger partial charge in [0.2, 0.25) is 5.91 Å². The molecule has 9 nitrogen and oxygen atoms in total. The molecule has 2 aliphatic rings. The van der Waals surface area contributed by atoms with Gasteiger partial charge in [0.15, 0.2) is 5.13 Å². The van der Waals surface area contributed by atoms with Crippen LogP contribution in [-0.2, 0) is 4.79 Å². The van der Waals surface area contributed by atoms with E-state index in [0.717, 1.165) is 28.9 Å². The maximum Gasteiger partial charge on any atom is 0.409 e. The zero-order chi connectivity index (χ0) is 23.7. The average Bonchev–Trinajstić information content (AvgIpc) is 3.35. The Labute approximate surface area is 203 Å². The molecule has 1 aliphatic carbocycles. The Morgan fingerprint density at radius 3 is 2.59 bits per heavy atom. The highest BCUT2D eigenvalue weighted by Crippen LogP contribution is 2.41. The number of anilines is 1. The lowest BCUT2D eigenvalue weighted by Gasteiger charge is -2.25. The minimum atomic E-state index is -1.16. The van der Waals surface area contributed by atoms with Crippen molar-refractivity contribution < 1.29 is 19.5 Å². The van der Waals surface area contributed by atoms with Crippen LogP contribution in [0.1, 0.15) is 34.1 Å². The quantitative estimate of drug-likeness (QED) is 0.475. The average molecular weight is 496 g/mol. The first-order valence-electron chi connectivity index (χ1n) is 10.7. The van der Waals surface area contributed by atoms with Crippen molar-refractivity contribution in [2.75, 3.05) is 11.1 Å². The Hall–Kier alpha value is -3.44. The summed E-state index contributed by atoms with van der Waals surface area (Å²) >= 11 is 2.65. The zero-order valence-corrected chi connectivity index (χ0v) is 19.5. The smallest absolute Gasteiger partial charge is 0.409 e. The third-order valence-electron chi connectivity index (χ3n) is 5.58. The molecular formula is C23H21N5O4S2. The van der Waals surface area contributed by atoms with Crippen molar-refractivity contribution in [1.82, 2.24) is 20.2 Å². The third kappa shape index (κ3) is 4.75. The molecule has 0 radical (unpaired) electrons. The Balaban J connectivity index is 1.25. The van der Waals surface area contributed by atoms with Crippen LogP contribution in [0.5, 0.6) is 0 Å². The number of thioether (sulfide) groups is 1. The molecule has 34 heavy (non-hydrogen) atoms. The number of aromatic nitrogens is 2. The first-order valence-corrected chi connectivity index (χ1v) is 12.6. The van der Waals surface area contributed by atoms with E-state index in [-0.39, 0.29) is 5.91 Å². The minimum Gasteiger partial charge on any atom is -0.465 e. The molecule has 2 atom stereocenters. The lowest BCUT2D eigenvalue weighted by Crippen LogP contribution is -2.44. The third-order valence-corrected chi connectivity index (χ3v) is 7.66. The van der Waals surface area contributed by atoms with Gasteiger partial charge in [0, 0.05) is 46.3 Å². The number of thiazole rings is 1. The van der Waals surface area contributed by atoms with Gasteiger partial charge >= 0.3 is 6.09 Å². The van der Waals surface area contributed by atoms with Crippen molar-refractivity contribution in [1.29, 1.82) is 0 Å². The lowest BCUT2D eigenvalue weighted by molar-refractivity contribution is -0.119. The van der Waals surface area contributed by atoms with Gasteiger partial charge in [-0.1, -0.05) is 18.2 Å². The normalized spacial score (nSPS) is 19.6. The molecule has 11 heteroatoms. The minimum absolute atomic E-state index is 0.0812. The molecule has 3 heterocycles. The van der Waals surface area contributed by atoms with Crippen molar-refractivity contribution in [2.24, 2.45) is 0 Å². The van der Waals surface area contributed by atoms with Crippen molar-refractivity contribution >= 4 is 46.1 Å². The number of amides is 3. The number of carbonyl (C=O) groups is 3. The summed E-state index contributed by atoms with van der Waals surface area (Å²) in [6, 6.07) is 10.1. The zero-order valence-electron chi connectivity index (χ0n) is 17.9. The summed E-state index contributed by atoms with van der Waals surface area (Å²) in [5, 5.41) is 17.2. The van der Waals surface area contributed by atoms with Gasteiger partial charge in [0.1, 0.15) is 11.4 Å². The lowest BCUT2D eigenvalue weighted by atomic mass is 10.1. The van der Waals surface area contributed by atoms with Crippen LogP contribution in [0.2, 0.25) is 0 Å². The Morgan fingerprint density at radius 1 is 1.12 bits per heavy atom. The number of carboxylic acid groups (broad SMARTS) is 1. The van der Waals surface area contributed by atoms with E-state index in [9.17, 15) is 19.5 Å². The van der Waals surface area contributed by atoms with Gasteiger partial charge in [-0.2, -0.15) is 0 Å². The molecule has 2 unspecified atom stereocenters. The van der Waals surface area contributed by atoms with E-state index in [2.05, 4.69) is 20.6 Å². The monoisotopic (exact) mass is 495 g/mol. The van der Waals surface area contributed by atoms with Crippen LogP contribution in [0.25, 0.3) is 11.3 Å². The first kappa shape index (κ1) is 22.4. The largest absolute Gasteiger partial charge is 0.465 e. The molecule has 3 aromatic rings. The molecule has 3 N–H and O–H groups in total. The number of nitrogens with one attached hydrogen (secondary N) is 2. The first-order chi connectivity index (χ1) is 16.5. The predicted molar refractivity (Wildman–Crippen MR) is 130 cm³/mol. The summed E-state index contributed by atoms with van der Waals surface area (Å²) in [6.45, 7) is 0. The molecule has 5 rings (SSSR count). The van der Waals surface area contributed by atoms with E-state index in [4.69, 9.17) is 0 Å². The van der Waals surface area contributed by atoms with Gasteiger partial charge in [-0.05, 0) is 31.0 Å². The maximum atomic E-state index is 12.9. The van der Waals surface area contributed by atoms with Crippen LogP contribution in [0.15, 0.2) is 54.2 Å². The molecule has 3 amide bonds. The van der Waals surface area contributed by atoms with Gasteiger partial charge in [0.25, 0.3) is 5.91 Å². The molecule has 1 saturated carbocycles. The van der Waals surface area contributed by atoms with Crippen LogP contribution < -0.4 is 10.6 Å². The highest BCUT2D eigenvalue weighted by Gasteiger charge is 2.42. The van der Waals surface area contributed by atoms with Gasteiger partial charge < -0.3 is 15.7 Å². The van der Waals surface area contributed by atoms with Crippen molar-refractivity contribution in [2.45, 2.75) is 30.3 Å². The number of hydrogen-bond acceptors (Lipinski definition) is 7. The maximum absolute atomic E-state index is 12.9. The van der Waals surface area contributed by atoms with E-state index in [1.165, 1.54) is 23.1 Å². The van der Waals surface area contributed by atoms with Crippen LogP contribution in [0.3, 0.4) is 0 Å². The number of hydrogen-bond donors (Lipinski definition) is 3. The molecule has 174 valence electrons. The van der Waals surface area contributed by atoms with Crippen molar-refractivity contribution in [3.05, 3.63) is 65.3 Å². The molecule has 1 saturated heterocycles. The van der Waals surface area contributed by atoms with Crippen LogP contribution in [0, 0.1) is 0 Å². The number of carbonyl (C=O) groups excluding carboxylic acids is 2. The Kier molecular flexibility index (Phi) is 6.20. The number of pyridine rings is 1. The van der Waals surface area contributed by atoms with Crippen molar-refractivity contribution in [3.8, 4) is 11.3 Å². The SMILES string of the molecule is O=C(NC1CC1)c1ccc(-c2csc(NC(=O)C3CSC(c4cccnc4)N3C(=O)O)n2)cc1. The fourth-order valence-electron chi connectivity index (χ4n) is 3.66. The molecule has 0 spiro atoms. The Bertz CT molecular complexity index is 1210. The standard InChI is InChI=1S/C23H21N5O4S2/c29-19(25-16-7-8-16)14-5-3-13(4-6-14)17-11-34-22(26-17)27-20(30)18-12-33-21(28(18)23(31)32)15-2-1-9-24-10-15/h1-6,9-11,16,18,21H,7-8,12H2,(H,25,29)(H,31,32)(H,26,27,30). The van der Waals surface area contributed by atoms with Crippen LogP contribution in [-0.4, -0.2) is 55.7 Å². The summed E-state index contributed by atoms with van der Waals surface area (Å²) in [5.41, 5.74) is 2.81. The van der Waals surface area contributed by atoms with Crippen molar-refractivity contribution in [3.63, 3.8) is 0 Å². The van der Waals surface area contributed by atoms with Gasteiger partial charge in [0.05, 0.1) is 5.69 Å². The number of benzene rings is 1. The van der Waals surface area contributed by atoms with Gasteiger partial charge in [-0.25, -0.2) is 9.78 Å². The fourth-order valence-corrected chi connectivity index (χ4v) is 5.79. The molecule has 1 aromatic carbocycles. The molecule has 2 fully saturated rings. The summed E-state index contributed by atoms with van der Waals surface area (Å²) in [5.74, 6) is -0.170. The van der Waals surface area contributed by atoms with E-state index in [1.54, 1.807) is 36.7 Å². The second kappa shape index (κ2) is 9.43. The number of rotatable bonds is 6.